The monoisotopic (exact) mass is 391 g/mol. The number of imide groups is 1. The van der Waals surface area contributed by atoms with Gasteiger partial charge in [0, 0.05) is 19.7 Å². The summed E-state index contributed by atoms with van der Waals surface area (Å²) in [4.78, 5) is 27.9. The first-order chi connectivity index (χ1) is 13.9. The molecule has 2 aromatic carbocycles. The van der Waals surface area contributed by atoms with Gasteiger partial charge in [-0.05, 0) is 49.8 Å². The Morgan fingerprint density at radius 2 is 1.62 bits per heavy atom. The van der Waals surface area contributed by atoms with Crippen LogP contribution in [0.3, 0.4) is 0 Å². The van der Waals surface area contributed by atoms with E-state index in [4.69, 9.17) is 0 Å². The van der Waals surface area contributed by atoms with E-state index in [1.807, 2.05) is 0 Å². The minimum Gasteiger partial charge on any atom is -0.365 e. The number of amides is 3. The Balaban J connectivity index is 1.67. The maximum absolute atomic E-state index is 12.3. The zero-order valence-corrected chi connectivity index (χ0v) is 17.4. The number of aryl methyl sites for hydroxylation is 1. The molecule has 4 rings (SSSR count). The zero-order chi connectivity index (χ0) is 20.6. The van der Waals surface area contributed by atoms with Crippen molar-refractivity contribution in [3.8, 4) is 0 Å². The molecule has 152 valence electrons. The number of nitrogens with zero attached hydrogens (tertiary/aromatic N) is 2. The Bertz CT molecular complexity index is 917. The summed E-state index contributed by atoms with van der Waals surface area (Å²) in [6, 6.07) is 18.9. The van der Waals surface area contributed by atoms with Crippen molar-refractivity contribution < 1.29 is 9.59 Å². The minimum absolute atomic E-state index is 0.146. The number of hydrogen-bond acceptors (Lipinski definition) is 3. The molecule has 0 aromatic heterocycles. The van der Waals surface area contributed by atoms with E-state index < -0.39 is 0 Å². The van der Waals surface area contributed by atoms with E-state index in [0.717, 1.165) is 25.7 Å². The van der Waals surface area contributed by atoms with Crippen LogP contribution in [0.2, 0.25) is 0 Å². The summed E-state index contributed by atoms with van der Waals surface area (Å²) in [6.45, 7) is 4.08. The molecule has 1 saturated heterocycles. The molecule has 0 bridgehead atoms. The number of para-hydroxylation sites is 1. The van der Waals surface area contributed by atoms with Gasteiger partial charge >= 0.3 is 6.03 Å². The molecule has 2 fully saturated rings. The highest BCUT2D eigenvalue weighted by Crippen LogP contribution is 2.48. The number of nitrogens with one attached hydrogen (secondary N) is 1. The molecule has 5 heteroatoms. The van der Waals surface area contributed by atoms with Gasteiger partial charge in [0.05, 0.1) is 17.6 Å². The van der Waals surface area contributed by atoms with E-state index in [1.165, 1.54) is 28.6 Å². The average molecular weight is 392 g/mol. The van der Waals surface area contributed by atoms with E-state index >= 15 is 0 Å². The normalized spacial score (nSPS) is 26.4. The van der Waals surface area contributed by atoms with E-state index in [1.54, 1.807) is 0 Å². The van der Waals surface area contributed by atoms with Crippen molar-refractivity contribution in [3.63, 3.8) is 0 Å². The van der Waals surface area contributed by atoms with Crippen molar-refractivity contribution in [1.82, 2.24) is 10.2 Å². The second-order valence-corrected chi connectivity index (χ2v) is 8.56. The third kappa shape index (κ3) is 3.28. The summed E-state index contributed by atoms with van der Waals surface area (Å²) in [6.07, 6.45) is 3.50. The van der Waals surface area contributed by atoms with Crippen LogP contribution in [0.5, 0.6) is 0 Å². The van der Waals surface area contributed by atoms with Crippen molar-refractivity contribution in [2.75, 3.05) is 18.5 Å². The average Bonchev–Trinajstić information content (AvgIpc) is 3.06. The predicted octanol–water partition coefficient (Wildman–Crippen LogP) is 4.21. The Hall–Kier alpha value is -2.82. The molecule has 1 N–H and O–H groups in total. The van der Waals surface area contributed by atoms with Crippen LogP contribution in [0.25, 0.3) is 0 Å². The number of rotatable bonds is 3. The Labute approximate surface area is 172 Å². The molecule has 1 aliphatic heterocycles. The number of benzene rings is 2. The van der Waals surface area contributed by atoms with Crippen LogP contribution in [0.4, 0.5) is 10.5 Å². The molecule has 29 heavy (non-hydrogen) atoms. The summed E-state index contributed by atoms with van der Waals surface area (Å²) in [5.41, 5.74) is 3.32. The van der Waals surface area contributed by atoms with Gasteiger partial charge in [-0.25, -0.2) is 4.79 Å². The van der Waals surface area contributed by atoms with Crippen LogP contribution in [0.1, 0.15) is 43.7 Å². The van der Waals surface area contributed by atoms with Crippen LogP contribution >= 0.6 is 0 Å². The summed E-state index contributed by atoms with van der Waals surface area (Å²) >= 11 is 0. The van der Waals surface area contributed by atoms with Crippen molar-refractivity contribution in [2.24, 2.45) is 0 Å². The van der Waals surface area contributed by atoms with Crippen LogP contribution in [0, 0.1) is 6.92 Å². The van der Waals surface area contributed by atoms with Crippen molar-refractivity contribution in [3.05, 3.63) is 65.7 Å². The third-order valence-electron chi connectivity index (χ3n) is 6.92. The fourth-order valence-electron chi connectivity index (χ4n) is 5.12. The second-order valence-electron chi connectivity index (χ2n) is 8.56. The quantitative estimate of drug-likeness (QED) is 0.853. The minimum atomic E-state index is -0.312. The predicted molar refractivity (Wildman–Crippen MR) is 115 cm³/mol. The van der Waals surface area contributed by atoms with Gasteiger partial charge in [-0.2, -0.15) is 0 Å². The third-order valence-corrected chi connectivity index (χ3v) is 6.92. The van der Waals surface area contributed by atoms with Gasteiger partial charge in [-0.15, -0.1) is 0 Å². The van der Waals surface area contributed by atoms with Crippen molar-refractivity contribution in [1.29, 1.82) is 0 Å². The van der Waals surface area contributed by atoms with Crippen LogP contribution < -0.4 is 10.2 Å². The van der Waals surface area contributed by atoms with E-state index in [0.29, 0.717) is 6.54 Å². The smallest absolute Gasteiger partial charge is 0.324 e. The van der Waals surface area contributed by atoms with Crippen molar-refractivity contribution >= 4 is 17.6 Å². The number of carbonyl (C=O) groups excluding carboxylic acids is 2. The number of urea groups is 1. The van der Waals surface area contributed by atoms with Crippen LogP contribution in [0.15, 0.2) is 54.6 Å². The lowest BCUT2D eigenvalue weighted by atomic mass is 9.68. The summed E-state index contributed by atoms with van der Waals surface area (Å²) in [5.74, 6) is -0.184. The molecule has 1 heterocycles. The highest BCUT2D eigenvalue weighted by Gasteiger charge is 2.51. The van der Waals surface area contributed by atoms with E-state index in [-0.39, 0.29) is 23.0 Å². The fourth-order valence-corrected chi connectivity index (χ4v) is 5.12. The lowest BCUT2D eigenvalue weighted by molar-refractivity contribution is -0.125. The molecular formula is C24H29N3O2. The molecular weight excluding hydrogens is 362 g/mol. The summed E-state index contributed by atoms with van der Waals surface area (Å²) in [7, 11) is 2.18. The molecule has 2 aromatic rings. The molecule has 1 aliphatic carbocycles. The SMILES string of the molecule is CC(=O)N1CC2(CCC(c3ccccc3)(N(C)c3ccccc3C)CC2)NC1=O. The summed E-state index contributed by atoms with van der Waals surface area (Å²) in [5, 5.41) is 3.13. The van der Waals surface area contributed by atoms with Crippen LogP contribution in [-0.4, -0.2) is 36.0 Å². The maximum atomic E-state index is 12.3. The topological polar surface area (TPSA) is 52.7 Å². The maximum Gasteiger partial charge on any atom is 0.324 e. The Morgan fingerprint density at radius 3 is 2.21 bits per heavy atom. The molecule has 0 radical (unpaired) electrons. The Morgan fingerprint density at radius 1 is 1.00 bits per heavy atom. The summed E-state index contributed by atoms with van der Waals surface area (Å²) < 4.78 is 0. The molecule has 3 amide bonds. The Kier molecular flexibility index (Phi) is 4.85. The van der Waals surface area contributed by atoms with Gasteiger partial charge in [0.15, 0.2) is 0 Å². The first kappa shape index (κ1) is 19.5. The van der Waals surface area contributed by atoms with Crippen LogP contribution in [-0.2, 0) is 10.3 Å². The van der Waals surface area contributed by atoms with Gasteiger partial charge < -0.3 is 10.2 Å². The lowest BCUT2D eigenvalue weighted by Gasteiger charge is -2.51. The molecule has 1 spiro atoms. The highest BCUT2D eigenvalue weighted by atomic mass is 16.2. The first-order valence-corrected chi connectivity index (χ1v) is 10.3. The lowest BCUT2D eigenvalue weighted by Crippen LogP contribution is -2.55. The van der Waals surface area contributed by atoms with Gasteiger partial charge in [0.2, 0.25) is 5.91 Å². The first-order valence-electron chi connectivity index (χ1n) is 10.3. The number of anilines is 1. The highest BCUT2D eigenvalue weighted by molar-refractivity contribution is 5.95. The van der Waals surface area contributed by atoms with Gasteiger partial charge in [-0.3, -0.25) is 9.69 Å². The van der Waals surface area contributed by atoms with Gasteiger partial charge in [-0.1, -0.05) is 48.5 Å². The van der Waals surface area contributed by atoms with Gasteiger partial charge in [0.25, 0.3) is 0 Å². The van der Waals surface area contributed by atoms with E-state index in [2.05, 4.69) is 78.8 Å². The standard InChI is InChI=1S/C24H29N3O2/c1-18-9-7-8-12-21(18)26(3)24(20-10-5-4-6-11-20)15-13-23(14-16-24)17-27(19(2)28)22(29)25-23/h4-12H,13-17H2,1-3H3,(H,25,29). The molecule has 0 atom stereocenters. The molecule has 0 unspecified atom stereocenters. The number of hydrogen-bond donors (Lipinski definition) is 1. The zero-order valence-electron chi connectivity index (χ0n) is 17.4. The molecule has 2 aliphatic rings. The largest absolute Gasteiger partial charge is 0.365 e. The van der Waals surface area contributed by atoms with Gasteiger partial charge in [0.1, 0.15) is 0 Å². The van der Waals surface area contributed by atoms with Crippen molar-refractivity contribution in [2.45, 2.75) is 50.6 Å². The van der Waals surface area contributed by atoms with E-state index in [9.17, 15) is 9.59 Å². The second kappa shape index (κ2) is 7.21. The fraction of sp³-hybridized carbons (Fsp3) is 0.417. The molecule has 5 nitrogen and oxygen atoms in total. The number of carbonyl (C=O) groups is 2. The molecule has 1 saturated carbocycles.